The van der Waals surface area contributed by atoms with E-state index in [-0.39, 0.29) is 24.0 Å². The second kappa shape index (κ2) is 9.70. The van der Waals surface area contributed by atoms with Crippen LogP contribution >= 0.6 is 0 Å². The summed E-state index contributed by atoms with van der Waals surface area (Å²) in [5.41, 5.74) is 1.73. The largest absolute Gasteiger partial charge is 0.383 e. The van der Waals surface area contributed by atoms with Crippen LogP contribution in [0.3, 0.4) is 0 Å². The highest BCUT2D eigenvalue weighted by molar-refractivity contribution is 7.89. The van der Waals surface area contributed by atoms with Crippen LogP contribution in [0.1, 0.15) is 42.5 Å². The third kappa shape index (κ3) is 6.26. The predicted molar refractivity (Wildman–Crippen MR) is 97.0 cm³/mol. The molecule has 25 heavy (non-hydrogen) atoms. The molecule has 0 aliphatic heterocycles. The molecule has 1 aliphatic rings. The highest BCUT2D eigenvalue weighted by atomic mass is 32.2. The fraction of sp³-hybridized carbons (Fsp3) is 0.500. The van der Waals surface area contributed by atoms with E-state index >= 15 is 0 Å². The maximum absolute atomic E-state index is 12.3. The summed E-state index contributed by atoms with van der Waals surface area (Å²) < 4.78 is 31.7. The van der Waals surface area contributed by atoms with Crippen molar-refractivity contribution in [3.8, 4) is 0 Å². The Labute approximate surface area is 149 Å². The van der Waals surface area contributed by atoms with Crippen LogP contribution in [0.4, 0.5) is 0 Å². The monoisotopic (exact) mass is 366 g/mol. The van der Waals surface area contributed by atoms with Gasteiger partial charge in [0.25, 0.3) is 5.91 Å². The van der Waals surface area contributed by atoms with Gasteiger partial charge in [-0.15, -0.1) is 0 Å². The molecule has 0 unspecified atom stereocenters. The van der Waals surface area contributed by atoms with Gasteiger partial charge in [0.15, 0.2) is 0 Å². The number of nitrogens with one attached hydrogen (secondary N) is 2. The van der Waals surface area contributed by atoms with Crippen molar-refractivity contribution >= 4 is 15.9 Å². The molecule has 0 saturated heterocycles. The number of methoxy groups -OCH3 is 1. The van der Waals surface area contributed by atoms with E-state index in [9.17, 15) is 13.2 Å². The molecule has 1 aromatic carbocycles. The number of ether oxygens (including phenoxy) is 1. The van der Waals surface area contributed by atoms with E-state index in [4.69, 9.17) is 4.74 Å². The van der Waals surface area contributed by atoms with Crippen LogP contribution < -0.4 is 10.0 Å². The van der Waals surface area contributed by atoms with Crippen molar-refractivity contribution in [2.45, 2.75) is 37.0 Å². The molecule has 1 aliphatic carbocycles. The number of benzene rings is 1. The van der Waals surface area contributed by atoms with E-state index in [1.54, 1.807) is 12.1 Å². The standard InChI is InChI=1S/C18H26N2O4S/c1-24-13-12-20-25(22,23)17-9-5-8-16(14-17)18(21)19-11-10-15-6-3-2-4-7-15/h5-6,8-9,14,20H,2-4,7,10-13H2,1H3,(H,19,21). The summed E-state index contributed by atoms with van der Waals surface area (Å²) >= 11 is 0. The third-order valence-electron chi connectivity index (χ3n) is 4.12. The molecular weight excluding hydrogens is 340 g/mol. The van der Waals surface area contributed by atoms with Gasteiger partial charge >= 0.3 is 0 Å². The molecule has 2 rings (SSSR count). The number of amides is 1. The topological polar surface area (TPSA) is 84.5 Å². The minimum atomic E-state index is -3.65. The fourth-order valence-corrected chi connectivity index (χ4v) is 3.79. The van der Waals surface area contributed by atoms with Gasteiger partial charge in [-0.05, 0) is 50.3 Å². The highest BCUT2D eigenvalue weighted by Gasteiger charge is 2.15. The van der Waals surface area contributed by atoms with Crippen LogP contribution in [0.25, 0.3) is 0 Å². The van der Waals surface area contributed by atoms with Crippen molar-refractivity contribution in [1.82, 2.24) is 10.0 Å². The molecule has 0 spiro atoms. The maximum atomic E-state index is 12.3. The Balaban J connectivity index is 1.92. The average molecular weight is 366 g/mol. The highest BCUT2D eigenvalue weighted by Crippen LogP contribution is 2.19. The lowest BCUT2D eigenvalue weighted by Crippen LogP contribution is -2.28. The molecule has 1 aromatic rings. The minimum Gasteiger partial charge on any atom is -0.383 e. The third-order valence-corrected chi connectivity index (χ3v) is 5.58. The lowest BCUT2D eigenvalue weighted by atomic mass is 9.97. The number of hydrogen-bond acceptors (Lipinski definition) is 4. The predicted octanol–water partition coefficient (Wildman–Crippen LogP) is 2.23. The van der Waals surface area contributed by atoms with E-state index in [1.165, 1.54) is 37.7 Å². The first-order chi connectivity index (χ1) is 12.0. The van der Waals surface area contributed by atoms with Gasteiger partial charge in [0, 0.05) is 25.8 Å². The second-order valence-corrected chi connectivity index (χ2v) is 7.80. The van der Waals surface area contributed by atoms with Gasteiger partial charge < -0.3 is 10.1 Å². The number of carbonyl (C=O) groups excluding carboxylic acids is 1. The Morgan fingerprint density at radius 2 is 2.08 bits per heavy atom. The molecule has 0 saturated carbocycles. The molecule has 6 nitrogen and oxygen atoms in total. The van der Waals surface area contributed by atoms with Crippen molar-refractivity contribution in [1.29, 1.82) is 0 Å². The Bertz CT molecular complexity index is 714. The second-order valence-electron chi connectivity index (χ2n) is 6.03. The molecule has 138 valence electrons. The quantitative estimate of drug-likeness (QED) is 0.518. The molecule has 0 fully saturated rings. The lowest BCUT2D eigenvalue weighted by molar-refractivity contribution is 0.0954. The van der Waals surface area contributed by atoms with E-state index in [1.807, 2.05) is 0 Å². The van der Waals surface area contributed by atoms with Crippen LogP contribution in [-0.4, -0.2) is 41.1 Å². The van der Waals surface area contributed by atoms with Crippen LogP contribution in [0.15, 0.2) is 40.8 Å². The maximum Gasteiger partial charge on any atom is 0.251 e. The van der Waals surface area contributed by atoms with Gasteiger partial charge in [0.1, 0.15) is 0 Å². The Hall–Kier alpha value is -1.70. The van der Waals surface area contributed by atoms with Crippen molar-refractivity contribution in [3.05, 3.63) is 41.5 Å². The van der Waals surface area contributed by atoms with Crippen LogP contribution in [0.2, 0.25) is 0 Å². The van der Waals surface area contributed by atoms with Crippen LogP contribution in [0, 0.1) is 0 Å². The van der Waals surface area contributed by atoms with Crippen LogP contribution in [0.5, 0.6) is 0 Å². The van der Waals surface area contributed by atoms with E-state index in [0.29, 0.717) is 12.1 Å². The fourth-order valence-electron chi connectivity index (χ4n) is 2.74. The van der Waals surface area contributed by atoms with Crippen molar-refractivity contribution < 1.29 is 17.9 Å². The van der Waals surface area contributed by atoms with E-state index in [2.05, 4.69) is 16.1 Å². The summed E-state index contributed by atoms with van der Waals surface area (Å²) in [7, 11) is -2.14. The molecule has 1 amide bonds. The van der Waals surface area contributed by atoms with Gasteiger partial charge in [0.2, 0.25) is 10.0 Å². The molecular formula is C18H26N2O4S. The van der Waals surface area contributed by atoms with Gasteiger partial charge in [-0.1, -0.05) is 17.7 Å². The zero-order valence-corrected chi connectivity index (χ0v) is 15.4. The summed E-state index contributed by atoms with van der Waals surface area (Å²) in [4.78, 5) is 12.3. The molecule has 0 bridgehead atoms. The van der Waals surface area contributed by atoms with Crippen molar-refractivity contribution in [2.75, 3.05) is 26.8 Å². The van der Waals surface area contributed by atoms with Crippen molar-refractivity contribution in [3.63, 3.8) is 0 Å². The normalized spacial score (nSPS) is 14.8. The van der Waals surface area contributed by atoms with E-state index < -0.39 is 10.0 Å². The van der Waals surface area contributed by atoms with Gasteiger partial charge in [0.05, 0.1) is 11.5 Å². The Kier molecular flexibility index (Phi) is 7.61. The zero-order valence-electron chi connectivity index (χ0n) is 14.6. The Morgan fingerprint density at radius 1 is 1.24 bits per heavy atom. The molecule has 0 heterocycles. The first-order valence-corrected chi connectivity index (χ1v) is 10.1. The first-order valence-electron chi connectivity index (χ1n) is 8.58. The summed E-state index contributed by atoms with van der Waals surface area (Å²) in [6, 6.07) is 6.05. The number of rotatable bonds is 9. The SMILES string of the molecule is COCCNS(=O)(=O)c1cccc(C(=O)NCCC2=CCCCC2)c1. The smallest absolute Gasteiger partial charge is 0.251 e. The summed E-state index contributed by atoms with van der Waals surface area (Å²) in [6.07, 6.45) is 7.80. The number of hydrogen-bond donors (Lipinski definition) is 2. The minimum absolute atomic E-state index is 0.0752. The number of carbonyl (C=O) groups is 1. The first kappa shape index (κ1) is 19.6. The molecule has 0 atom stereocenters. The average Bonchev–Trinajstić information content (AvgIpc) is 2.63. The zero-order chi connectivity index (χ0) is 18.1. The summed E-state index contributed by atoms with van der Waals surface area (Å²) in [5.74, 6) is -0.259. The van der Waals surface area contributed by atoms with Gasteiger partial charge in [-0.2, -0.15) is 0 Å². The molecule has 7 heteroatoms. The molecule has 0 radical (unpaired) electrons. The lowest BCUT2D eigenvalue weighted by Gasteiger charge is -2.13. The summed E-state index contributed by atoms with van der Waals surface area (Å²) in [6.45, 7) is 1.04. The van der Waals surface area contributed by atoms with E-state index in [0.717, 1.165) is 19.3 Å². The molecule has 0 aromatic heterocycles. The van der Waals surface area contributed by atoms with Crippen molar-refractivity contribution in [2.24, 2.45) is 0 Å². The Morgan fingerprint density at radius 3 is 2.80 bits per heavy atom. The number of sulfonamides is 1. The van der Waals surface area contributed by atoms with Gasteiger partial charge in [-0.25, -0.2) is 13.1 Å². The van der Waals surface area contributed by atoms with Crippen LogP contribution in [-0.2, 0) is 14.8 Å². The van der Waals surface area contributed by atoms with Gasteiger partial charge in [-0.3, -0.25) is 4.79 Å². The number of allylic oxidation sites excluding steroid dienone is 1. The summed E-state index contributed by atoms with van der Waals surface area (Å²) in [5, 5.41) is 2.86. The molecule has 2 N–H and O–H groups in total.